The number of nitrogens with one attached hydrogen (secondary N) is 1. The SMILES string of the molecule is COc1cc(CC(=O)N(C2CCC(C(C)(C)C)CC2)C2CCc3cc(C(=O)NCCC(=O)O)ccc32)cc(OC)c1. The number of methoxy groups -OCH3 is 2. The Bertz CT molecular complexity index is 1240. The minimum atomic E-state index is -0.948. The van der Waals surface area contributed by atoms with Crippen molar-refractivity contribution in [2.45, 2.75) is 84.2 Å². The fourth-order valence-electron chi connectivity index (χ4n) is 6.50. The molecule has 8 nitrogen and oxygen atoms in total. The average Bonchev–Trinajstić information content (AvgIpc) is 3.35. The molecule has 1 saturated carbocycles. The predicted octanol–water partition coefficient (Wildman–Crippen LogP) is 5.57. The average molecular weight is 565 g/mol. The lowest BCUT2D eigenvalue weighted by Gasteiger charge is -2.43. The van der Waals surface area contributed by atoms with Crippen molar-refractivity contribution in [1.29, 1.82) is 0 Å². The van der Waals surface area contributed by atoms with Crippen LogP contribution in [0.2, 0.25) is 0 Å². The van der Waals surface area contributed by atoms with Crippen LogP contribution in [0.3, 0.4) is 0 Å². The molecular weight excluding hydrogens is 520 g/mol. The van der Waals surface area contributed by atoms with Crippen LogP contribution >= 0.6 is 0 Å². The number of ether oxygens (including phenoxy) is 2. The molecule has 0 aromatic heterocycles. The smallest absolute Gasteiger partial charge is 0.305 e. The molecule has 1 fully saturated rings. The van der Waals surface area contributed by atoms with E-state index in [0.717, 1.165) is 55.2 Å². The molecule has 8 heteroatoms. The molecule has 0 radical (unpaired) electrons. The van der Waals surface area contributed by atoms with Crippen molar-refractivity contribution in [3.63, 3.8) is 0 Å². The van der Waals surface area contributed by atoms with E-state index < -0.39 is 5.97 Å². The van der Waals surface area contributed by atoms with Crippen LogP contribution in [0.4, 0.5) is 0 Å². The van der Waals surface area contributed by atoms with Crippen LogP contribution in [0, 0.1) is 11.3 Å². The first kappa shape index (κ1) is 30.4. The summed E-state index contributed by atoms with van der Waals surface area (Å²) in [5.41, 5.74) is 3.79. The molecule has 0 spiro atoms. The van der Waals surface area contributed by atoms with Gasteiger partial charge in [0.2, 0.25) is 5.91 Å². The minimum Gasteiger partial charge on any atom is -0.497 e. The molecule has 2 N–H and O–H groups in total. The van der Waals surface area contributed by atoms with Gasteiger partial charge >= 0.3 is 5.97 Å². The number of nitrogens with zero attached hydrogens (tertiary/aromatic N) is 1. The summed E-state index contributed by atoms with van der Waals surface area (Å²) in [5, 5.41) is 11.5. The first-order chi connectivity index (χ1) is 19.5. The number of carboxylic acids is 1. The third-order valence-electron chi connectivity index (χ3n) is 8.78. The van der Waals surface area contributed by atoms with Gasteiger partial charge in [0.05, 0.1) is 33.1 Å². The van der Waals surface area contributed by atoms with Gasteiger partial charge in [-0.3, -0.25) is 14.4 Å². The van der Waals surface area contributed by atoms with Crippen LogP contribution < -0.4 is 14.8 Å². The third-order valence-corrected chi connectivity index (χ3v) is 8.78. The lowest BCUT2D eigenvalue weighted by molar-refractivity contribution is -0.138. The van der Waals surface area contributed by atoms with Gasteiger partial charge in [-0.25, -0.2) is 0 Å². The summed E-state index contributed by atoms with van der Waals surface area (Å²) in [7, 11) is 3.22. The highest BCUT2D eigenvalue weighted by atomic mass is 16.5. The van der Waals surface area contributed by atoms with Gasteiger partial charge in [-0.1, -0.05) is 26.8 Å². The maximum atomic E-state index is 14.2. The van der Waals surface area contributed by atoms with E-state index in [2.05, 4.69) is 31.0 Å². The number of fused-ring (bicyclic) bond motifs is 1. The Hall–Kier alpha value is -3.55. The van der Waals surface area contributed by atoms with E-state index in [4.69, 9.17) is 14.6 Å². The Labute approximate surface area is 243 Å². The standard InChI is InChI=1S/C33H44N2O6/c1-33(2,3)24-8-10-25(11-9-24)35(30(36)18-21-16-26(40-4)20-27(17-21)41-5)29-13-7-22-19-23(6-12-28(22)29)32(39)34-15-14-31(37)38/h6,12,16-17,19-20,24-25,29H,7-11,13-15,18H2,1-5H3,(H,34,39)(H,37,38). The van der Waals surface area contributed by atoms with Crippen molar-refractivity contribution in [2.75, 3.05) is 20.8 Å². The zero-order chi connectivity index (χ0) is 29.7. The molecule has 4 rings (SSSR count). The molecule has 0 aliphatic heterocycles. The van der Waals surface area contributed by atoms with E-state index in [1.165, 1.54) is 0 Å². The van der Waals surface area contributed by atoms with E-state index in [9.17, 15) is 14.4 Å². The number of carboxylic acid groups (broad SMARTS) is 1. The largest absolute Gasteiger partial charge is 0.497 e. The monoisotopic (exact) mass is 564 g/mol. The maximum Gasteiger partial charge on any atom is 0.305 e. The summed E-state index contributed by atoms with van der Waals surface area (Å²) in [4.78, 5) is 39.7. The van der Waals surface area contributed by atoms with Gasteiger partial charge in [-0.2, -0.15) is 0 Å². The Kier molecular flexibility index (Phi) is 9.61. The highest BCUT2D eigenvalue weighted by Gasteiger charge is 2.39. The van der Waals surface area contributed by atoms with Gasteiger partial charge < -0.3 is 24.8 Å². The first-order valence-corrected chi connectivity index (χ1v) is 14.7. The van der Waals surface area contributed by atoms with Crippen molar-refractivity contribution in [3.05, 3.63) is 58.7 Å². The van der Waals surface area contributed by atoms with Gasteiger partial charge in [-0.15, -0.1) is 0 Å². The quantitative estimate of drug-likeness (QED) is 0.391. The number of aryl methyl sites for hydroxylation is 1. The highest BCUT2D eigenvalue weighted by Crippen LogP contribution is 2.44. The van der Waals surface area contributed by atoms with Gasteiger partial charge in [0.25, 0.3) is 5.91 Å². The second kappa shape index (κ2) is 13.0. The maximum absolute atomic E-state index is 14.2. The van der Waals surface area contributed by atoms with Crippen LogP contribution in [-0.4, -0.2) is 54.6 Å². The Morgan fingerprint density at radius 2 is 1.61 bits per heavy atom. The lowest BCUT2D eigenvalue weighted by Crippen LogP contribution is -2.45. The molecule has 2 aliphatic carbocycles. The van der Waals surface area contributed by atoms with Gasteiger partial charge in [-0.05, 0) is 90.8 Å². The number of amides is 2. The molecule has 222 valence electrons. The van der Waals surface area contributed by atoms with Crippen LogP contribution in [0.25, 0.3) is 0 Å². The van der Waals surface area contributed by atoms with Crippen molar-refractivity contribution in [2.24, 2.45) is 11.3 Å². The normalized spacial score (nSPS) is 20.2. The first-order valence-electron chi connectivity index (χ1n) is 14.7. The molecule has 2 aromatic rings. The van der Waals surface area contributed by atoms with Crippen molar-refractivity contribution in [1.82, 2.24) is 10.2 Å². The summed E-state index contributed by atoms with van der Waals surface area (Å²) >= 11 is 0. The number of hydrogen-bond acceptors (Lipinski definition) is 5. The second-order valence-electron chi connectivity index (χ2n) is 12.4. The molecule has 2 aliphatic rings. The van der Waals surface area contributed by atoms with E-state index in [1.807, 2.05) is 30.3 Å². The molecule has 0 heterocycles. The Morgan fingerprint density at radius 1 is 0.951 bits per heavy atom. The van der Waals surface area contributed by atoms with Crippen LogP contribution in [-0.2, 0) is 22.4 Å². The topological polar surface area (TPSA) is 105 Å². The molecular formula is C33H44N2O6. The van der Waals surface area contributed by atoms with E-state index in [-0.39, 0.29) is 48.7 Å². The van der Waals surface area contributed by atoms with E-state index in [0.29, 0.717) is 23.0 Å². The number of carbonyl (C=O) groups is 3. The highest BCUT2D eigenvalue weighted by molar-refractivity contribution is 5.94. The van der Waals surface area contributed by atoms with Crippen molar-refractivity contribution < 1.29 is 29.0 Å². The number of hydrogen-bond donors (Lipinski definition) is 2. The molecule has 2 aromatic carbocycles. The van der Waals surface area contributed by atoms with Crippen LogP contribution in [0.1, 0.15) is 92.4 Å². The lowest BCUT2D eigenvalue weighted by atomic mass is 9.71. The van der Waals surface area contributed by atoms with E-state index in [1.54, 1.807) is 20.3 Å². The molecule has 0 saturated heterocycles. The Morgan fingerprint density at radius 3 is 2.20 bits per heavy atom. The van der Waals surface area contributed by atoms with Crippen LogP contribution in [0.15, 0.2) is 36.4 Å². The molecule has 2 amide bonds. The molecule has 0 bridgehead atoms. The number of rotatable bonds is 10. The Balaban J connectivity index is 1.59. The van der Waals surface area contributed by atoms with Gasteiger partial charge in [0, 0.05) is 24.2 Å². The second-order valence-corrected chi connectivity index (χ2v) is 12.4. The van der Waals surface area contributed by atoms with E-state index >= 15 is 0 Å². The summed E-state index contributed by atoms with van der Waals surface area (Å²) in [6.07, 6.45) is 5.88. The fourth-order valence-corrected chi connectivity index (χ4v) is 6.50. The predicted molar refractivity (Wildman–Crippen MR) is 157 cm³/mol. The molecule has 1 atom stereocenters. The van der Waals surface area contributed by atoms with Gasteiger partial charge in [0.1, 0.15) is 11.5 Å². The number of carbonyl (C=O) groups excluding carboxylic acids is 2. The zero-order valence-corrected chi connectivity index (χ0v) is 25.0. The van der Waals surface area contributed by atoms with Crippen LogP contribution in [0.5, 0.6) is 11.5 Å². The fraction of sp³-hybridized carbons (Fsp3) is 0.545. The third kappa shape index (κ3) is 7.40. The van der Waals surface area contributed by atoms with Gasteiger partial charge in [0.15, 0.2) is 0 Å². The molecule has 1 unspecified atom stereocenters. The summed E-state index contributed by atoms with van der Waals surface area (Å²) in [6.45, 7) is 7.00. The zero-order valence-electron chi connectivity index (χ0n) is 25.0. The molecule has 41 heavy (non-hydrogen) atoms. The minimum absolute atomic E-state index is 0.0506. The van der Waals surface area contributed by atoms with Crippen molar-refractivity contribution >= 4 is 17.8 Å². The number of benzene rings is 2. The summed E-state index contributed by atoms with van der Waals surface area (Å²) in [5.74, 6) is 0.812. The number of aliphatic carboxylic acids is 1. The summed E-state index contributed by atoms with van der Waals surface area (Å²) < 4.78 is 10.9. The van der Waals surface area contributed by atoms with Crippen molar-refractivity contribution in [3.8, 4) is 11.5 Å². The summed E-state index contributed by atoms with van der Waals surface area (Å²) in [6, 6.07) is 11.4.